The van der Waals surface area contributed by atoms with Crippen molar-refractivity contribution in [3.05, 3.63) is 42.0 Å². The third-order valence-electron chi connectivity index (χ3n) is 3.05. The molecule has 1 unspecified atom stereocenters. The Bertz CT molecular complexity index is 605. The molecule has 3 heteroatoms. The Labute approximate surface area is 121 Å². The van der Waals surface area contributed by atoms with Gasteiger partial charge in [-0.15, -0.1) is 0 Å². The van der Waals surface area contributed by atoms with Gasteiger partial charge in [-0.3, -0.25) is 4.79 Å². The Balaban J connectivity index is 2.37. The number of rotatable bonds is 4. The van der Waals surface area contributed by atoms with Crippen molar-refractivity contribution in [3.8, 4) is 5.75 Å². The molecule has 0 aliphatic rings. The van der Waals surface area contributed by atoms with Crippen LogP contribution in [-0.4, -0.2) is 10.8 Å². The van der Waals surface area contributed by atoms with Crippen LogP contribution in [0.3, 0.4) is 0 Å². The SMILES string of the molecule is CC(C)Oc1ccc2cc(C(C)C(=O)Br)ccc2c1. The van der Waals surface area contributed by atoms with Crippen LogP contribution >= 0.6 is 15.9 Å². The van der Waals surface area contributed by atoms with E-state index in [0.717, 1.165) is 22.1 Å². The molecule has 0 N–H and O–H groups in total. The van der Waals surface area contributed by atoms with Crippen molar-refractivity contribution in [1.82, 2.24) is 0 Å². The molecule has 0 amide bonds. The summed E-state index contributed by atoms with van der Waals surface area (Å²) in [5.41, 5.74) is 1.02. The van der Waals surface area contributed by atoms with Crippen molar-refractivity contribution in [1.29, 1.82) is 0 Å². The molecule has 0 heterocycles. The summed E-state index contributed by atoms with van der Waals surface area (Å²) in [6.07, 6.45) is 0.169. The summed E-state index contributed by atoms with van der Waals surface area (Å²) >= 11 is 3.02. The average molecular weight is 321 g/mol. The Morgan fingerprint density at radius 1 is 1.05 bits per heavy atom. The number of carbonyl (C=O) groups excluding carboxylic acids is 1. The Hall–Kier alpha value is -1.35. The highest BCUT2D eigenvalue weighted by Gasteiger charge is 2.12. The standard InChI is InChI=1S/C16H17BrO2/c1-10(2)19-15-7-6-13-8-12(11(3)16(17)18)4-5-14(13)9-15/h4-11H,1-3H3. The number of halogens is 1. The summed E-state index contributed by atoms with van der Waals surface area (Å²) in [5, 5.41) is 2.24. The topological polar surface area (TPSA) is 26.3 Å². The van der Waals surface area contributed by atoms with Gasteiger partial charge in [0.2, 0.25) is 4.69 Å². The predicted octanol–water partition coefficient (Wildman–Crippen LogP) is 4.65. The molecule has 0 aromatic heterocycles. The summed E-state index contributed by atoms with van der Waals surface area (Å²) < 4.78 is 5.68. The van der Waals surface area contributed by atoms with E-state index in [9.17, 15) is 4.79 Å². The zero-order chi connectivity index (χ0) is 14.0. The fourth-order valence-corrected chi connectivity index (χ4v) is 2.25. The van der Waals surface area contributed by atoms with E-state index in [2.05, 4.69) is 22.0 Å². The lowest BCUT2D eigenvalue weighted by Crippen LogP contribution is -2.05. The van der Waals surface area contributed by atoms with Gasteiger partial charge >= 0.3 is 0 Å². The van der Waals surface area contributed by atoms with Gasteiger partial charge in [0.05, 0.1) is 12.0 Å². The van der Waals surface area contributed by atoms with Crippen LogP contribution in [0.15, 0.2) is 36.4 Å². The monoisotopic (exact) mass is 320 g/mol. The summed E-state index contributed by atoms with van der Waals surface area (Å²) in [4.78, 5) is 11.4. The highest BCUT2D eigenvalue weighted by Crippen LogP contribution is 2.26. The highest BCUT2D eigenvalue weighted by molar-refractivity contribution is 9.18. The Morgan fingerprint density at radius 3 is 2.32 bits per heavy atom. The van der Waals surface area contributed by atoms with Gasteiger partial charge < -0.3 is 4.74 Å². The maximum atomic E-state index is 11.4. The summed E-state index contributed by atoms with van der Waals surface area (Å²) in [6, 6.07) is 12.1. The van der Waals surface area contributed by atoms with E-state index < -0.39 is 0 Å². The maximum Gasteiger partial charge on any atom is 0.204 e. The number of hydrogen-bond acceptors (Lipinski definition) is 2. The number of benzene rings is 2. The molecule has 1 atom stereocenters. The van der Waals surface area contributed by atoms with Gasteiger partial charge in [-0.2, -0.15) is 0 Å². The zero-order valence-corrected chi connectivity index (χ0v) is 12.9. The van der Waals surface area contributed by atoms with E-state index in [1.165, 1.54) is 0 Å². The van der Waals surface area contributed by atoms with Crippen molar-refractivity contribution in [2.75, 3.05) is 0 Å². The van der Waals surface area contributed by atoms with E-state index in [4.69, 9.17) is 4.74 Å². The second-order valence-electron chi connectivity index (χ2n) is 4.96. The van der Waals surface area contributed by atoms with E-state index in [-0.39, 0.29) is 16.7 Å². The Morgan fingerprint density at radius 2 is 1.68 bits per heavy atom. The zero-order valence-electron chi connectivity index (χ0n) is 11.3. The first-order chi connectivity index (χ1) is 8.97. The number of hydrogen-bond donors (Lipinski definition) is 0. The summed E-state index contributed by atoms with van der Waals surface area (Å²) in [7, 11) is 0. The quantitative estimate of drug-likeness (QED) is 0.766. The summed E-state index contributed by atoms with van der Waals surface area (Å²) in [5.74, 6) is 0.746. The average Bonchev–Trinajstić information content (AvgIpc) is 2.36. The normalized spacial score (nSPS) is 12.7. The number of fused-ring (bicyclic) bond motifs is 1. The molecule has 2 aromatic carbocycles. The van der Waals surface area contributed by atoms with Crippen molar-refractivity contribution in [3.63, 3.8) is 0 Å². The smallest absolute Gasteiger partial charge is 0.204 e. The third-order valence-corrected chi connectivity index (χ3v) is 3.73. The maximum absolute atomic E-state index is 11.4. The van der Waals surface area contributed by atoms with Crippen LogP contribution in [0, 0.1) is 0 Å². The fraction of sp³-hybridized carbons (Fsp3) is 0.312. The van der Waals surface area contributed by atoms with Crippen LogP contribution in [0.1, 0.15) is 32.3 Å². The molecule has 2 aromatic rings. The first-order valence-electron chi connectivity index (χ1n) is 6.37. The van der Waals surface area contributed by atoms with Gasteiger partial charge in [0, 0.05) is 0 Å². The molecule has 0 fully saturated rings. The van der Waals surface area contributed by atoms with Gasteiger partial charge in [0.15, 0.2) is 0 Å². The fourth-order valence-electron chi connectivity index (χ4n) is 1.99. The van der Waals surface area contributed by atoms with Crippen LogP contribution in [0.5, 0.6) is 5.75 Å². The molecule has 100 valence electrons. The van der Waals surface area contributed by atoms with Gasteiger partial charge in [0.1, 0.15) is 5.75 Å². The van der Waals surface area contributed by atoms with E-state index >= 15 is 0 Å². The van der Waals surface area contributed by atoms with E-state index in [0.29, 0.717) is 0 Å². The molecular weight excluding hydrogens is 304 g/mol. The molecule has 19 heavy (non-hydrogen) atoms. The minimum Gasteiger partial charge on any atom is -0.491 e. The molecule has 0 aliphatic carbocycles. The Kier molecular flexibility index (Phi) is 4.25. The van der Waals surface area contributed by atoms with Crippen molar-refractivity contribution >= 4 is 31.4 Å². The first kappa shape index (κ1) is 14.1. The lowest BCUT2D eigenvalue weighted by Gasteiger charge is -2.12. The minimum atomic E-state index is -0.129. The van der Waals surface area contributed by atoms with Gasteiger partial charge in [-0.05, 0) is 58.2 Å². The van der Waals surface area contributed by atoms with Crippen molar-refractivity contribution in [2.24, 2.45) is 0 Å². The van der Waals surface area contributed by atoms with E-state index in [1.807, 2.05) is 51.1 Å². The molecule has 2 nitrogen and oxygen atoms in total. The lowest BCUT2D eigenvalue weighted by atomic mass is 9.99. The molecule has 0 bridgehead atoms. The van der Waals surface area contributed by atoms with Crippen molar-refractivity contribution in [2.45, 2.75) is 32.8 Å². The molecule has 0 aliphatic heterocycles. The second-order valence-corrected chi connectivity index (χ2v) is 5.74. The second kappa shape index (κ2) is 5.74. The van der Waals surface area contributed by atoms with Gasteiger partial charge in [0.25, 0.3) is 0 Å². The van der Waals surface area contributed by atoms with E-state index in [1.54, 1.807) is 0 Å². The lowest BCUT2D eigenvalue weighted by molar-refractivity contribution is -0.111. The van der Waals surface area contributed by atoms with Crippen LogP contribution < -0.4 is 4.74 Å². The first-order valence-corrected chi connectivity index (χ1v) is 7.16. The molecular formula is C16H17BrO2. The van der Waals surface area contributed by atoms with Gasteiger partial charge in [-0.25, -0.2) is 0 Å². The van der Waals surface area contributed by atoms with Crippen LogP contribution in [0.25, 0.3) is 10.8 Å². The molecule has 0 radical (unpaired) electrons. The number of carbonyl (C=O) groups is 1. The van der Waals surface area contributed by atoms with Crippen LogP contribution in [0.2, 0.25) is 0 Å². The molecule has 2 rings (SSSR count). The largest absolute Gasteiger partial charge is 0.491 e. The number of ether oxygens (including phenoxy) is 1. The summed E-state index contributed by atoms with van der Waals surface area (Å²) in [6.45, 7) is 5.92. The molecule has 0 saturated heterocycles. The third kappa shape index (κ3) is 3.35. The van der Waals surface area contributed by atoms with Crippen molar-refractivity contribution < 1.29 is 9.53 Å². The predicted molar refractivity (Wildman–Crippen MR) is 82.1 cm³/mol. The van der Waals surface area contributed by atoms with Crippen LogP contribution in [0.4, 0.5) is 0 Å². The van der Waals surface area contributed by atoms with Crippen LogP contribution in [-0.2, 0) is 4.79 Å². The molecule has 0 saturated carbocycles. The minimum absolute atomic E-state index is 0.00612. The van der Waals surface area contributed by atoms with Gasteiger partial charge in [-0.1, -0.05) is 31.2 Å². The highest BCUT2D eigenvalue weighted by atomic mass is 79.9. The molecule has 0 spiro atoms.